The van der Waals surface area contributed by atoms with Gasteiger partial charge in [0, 0.05) is 17.6 Å². The van der Waals surface area contributed by atoms with Crippen LogP contribution < -0.4 is 10.1 Å². The van der Waals surface area contributed by atoms with Crippen molar-refractivity contribution in [2.45, 2.75) is 51.5 Å². The highest BCUT2D eigenvalue weighted by atomic mass is 16.5. The lowest BCUT2D eigenvalue weighted by atomic mass is 10.0. The second kappa shape index (κ2) is 8.19. The van der Waals surface area contributed by atoms with Crippen molar-refractivity contribution in [2.75, 3.05) is 19.0 Å². The monoisotopic (exact) mass is 342 g/mol. The molecule has 0 spiro atoms. The van der Waals surface area contributed by atoms with Gasteiger partial charge in [-0.3, -0.25) is 4.98 Å². The van der Waals surface area contributed by atoms with E-state index in [0.717, 1.165) is 29.4 Å². The van der Waals surface area contributed by atoms with E-state index in [1.807, 2.05) is 25.1 Å². The average Bonchev–Trinajstić information content (AvgIpc) is 2.90. The number of methoxy groups -OCH3 is 1. The van der Waals surface area contributed by atoms with Crippen LogP contribution in [0.15, 0.2) is 24.4 Å². The van der Waals surface area contributed by atoms with Crippen molar-refractivity contribution in [3.8, 4) is 5.75 Å². The Bertz CT molecular complexity index is 737. The summed E-state index contributed by atoms with van der Waals surface area (Å²) < 4.78 is 10.7. The van der Waals surface area contributed by atoms with Gasteiger partial charge in [0.05, 0.1) is 19.4 Å². The van der Waals surface area contributed by atoms with Crippen LogP contribution in [0.25, 0.3) is 10.9 Å². The largest absolute Gasteiger partial charge is 0.494 e. The minimum Gasteiger partial charge on any atom is -0.494 e. The number of nitrogens with zero attached hydrogens (tertiary/aromatic N) is 1. The molecule has 2 aromatic rings. The molecule has 1 N–H and O–H groups in total. The van der Waals surface area contributed by atoms with Crippen molar-refractivity contribution >= 4 is 22.6 Å². The van der Waals surface area contributed by atoms with Crippen LogP contribution in [0.5, 0.6) is 5.75 Å². The molecule has 134 valence electrons. The number of pyridine rings is 1. The van der Waals surface area contributed by atoms with Gasteiger partial charge in [0.1, 0.15) is 16.8 Å². The van der Waals surface area contributed by atoms with Gasteiger partial charge in [0.25, 0.3) is 0 Å². The maximum absolute atomic E-state index is 12.4. The van der Waals surface area contributed by atoms with E-state index in [4.69, 9.17) is 9.47 Å². The number of rotatable bonds is 5. The molecular weight excluding hydrogens is 316 g/mol. The average molecular weight is 342 g/mol. The summed E-state index contributed by atoms with van der Waals surface area (Å²) in [4.78, 5) is 16.9. The SMILES string of the molecule is CCOC(=O)c1cnc2c(OC)cccc2c1NC1CCCCCC1. The fraction of sp³-hybridized carbons (Fsp3) is 0.500. The number of hydrogen-bond donors (Lipinski definition) is 1. The lowest BCUT2D eigenvalue weighted by molar-refractivity contribution is 0.0527. The summed E-state index contributed by atoms with van der Waals surface area (Å²) >= 11 is 0. The summed E-state index contributed by atoms with van der Waals surface area (Å²) in [6.07, 6.45) is 8.85. The predicted molar refractivity (Wildman–Crippen MR) is 99.4 cm³/mol. The van der Waals surface area contributed by atoms with Crippen molar-refractivity contribution in [3.05, 3.63) is 30.0 Å². The van der Waals surface area contributed by atoms with Crippen molar-refractivity contribution in [1.29, 1.82) is 0 Å². The third-order valence-electron chi connectivity index (χ3n) is 4.78. The van der Waals surface area contributed by atoms with Crippen LogP contribution in [-0.2, 0) is 4.74 Å². The third kappa shape index (κ3) is 3.86. The van der Waals surface area contributed by atoms with Crippen LogP contribution in [0, 0.1) is 0 Å². The summed E-state index contributed by atoms with van der Waals surface area (Å²) in [5, 5.41) is 4.52. The van der Waals surface area contributed by atoms with Crippen LogP contribution >= 0.6 is 0 Å². The number of hydrogen-bond acceptors (Lipinski definition) is 5. The molecule has 1 aromatic heterocycles. The number of aromatic nitrogens is 1. The second-order valence-corrected chi connectivity index (χ2v) is 6.46. The molecule has 0 radical (unpaired) electrons. The number of ether oxygens (including phenoxy) is 2. The van der Waals surface area contributed by atoms with Gasteiger partial charge >= 0.3 is 5.97 Å². The van der Waals surface area contributed by atoms with Crippen LogP contribution in [0.3, 0.4) is 0 Å². The number of carbonyl (C=O) groups is 1. The van der Waals surface area contributed by atoms with E-state index in [2.05, 4.69) is 10.3 Å². The van der Waals surface area contributed by atoms with Crippen LogP contribution in [0.4, 0.5) is 5.69 Å². The van der Waals surface area contributed by atoms with Gasteiger partial charge in [0.15, 0.2) is 0 Å². The molecule has 0 atom stereocenters. The van der Waals surface area contributed by atoms with Gasteiger partial charge in [-0.25, -0.2) is 4.79 Å². The molecule has 0 amide bonds. The smallest absolute Gasteiger partial charge is 0.341 e. The molecule has 1 fully saturated rings. The minimum atomic E-state index is -0.337. The van der Waals surface area contributed by atoms with E-state index in [1.165, 1.54) is 25.7 Å². The predicted octanol–water partition coefficient (Wildman–Crippen LogP) is 4.55. The molecule has 0 bridgehead atoms. The Kier molecular flexibility index (Phi) is 5.74. The number of carbonyl (C=O) groups excluding carboxylic acids is 1. The molecule has 0 unspecified atom stereocenters. The van der Waals surface area contributed by atoms with E-state index in [-0.39, 0.29) is 5.97 Å². The lowest BCUT2D eigenvalue weighted by Crippen LogP contribution is -2.21. The minimum absolute atomic E-state index is 0.337. The van der Waals surface area contributed by atoms with Gasteiger partial charge in [-0.2, -0.15) is 0 Å². The highest BCUT2D eigenvalue weighted by molar-refractivity contribution is 6.06. The molecule has 3 rings (SSSR count). The Morgan fingerprint density at radius 2 is 2.00 bits per heavy atom. The van der Waals surface area contributed by atoms with Gasteiger partial charge in [-0.1, -0.05) is 37.8 Å². The zero-order chi connectivity index (χ0) is 17.6. The van der Waals surface area contributed by atoms with E-state index >= 15 is 0 Å². The highest BCUT2D eigenvalue weighted by Gasteiger charge is 2.21. The number of nitrogens with one attached hydrogen (secondary N) is 1. The Labute approximate surface area is 148 Å². The molecule has 1 saturated carbocycles. The molecule has 1 aliphatic carbocycles. The Balaban J connectivity index is 2.06. The van der Waals surface area contributed by atoms with Crippen LogP contribution in [0.2, 0.25) is 0 Å². The first-order valence-electron chi connectivity index (χ1n) is 9.14. The van der Waals surface area contributed by atoms with Gasteiger partial charge in [-0.15, -0.1) is 0 Å². The number of benzene rings is 1. The van der Waals surface area contributed by atoms with Crippen LogP contribution in [-0.4, -0.2) is 30.7 Å². The van der Waals surface area contributed by atoms with Crippen molar-refractivity contribution in [1.82, 2.24) is 4.98 Å². The standard InChI is InChI=1S/C20H26N2O3/c1-3-25-20(23)16-13-21-19-15(11-8-12-17(19)24-2)18(16)22-14-9-6-4-5-7-10-14/h8,11-14H,3-7,9-10H2,1-2H3,(H,21,22). The summed E-state index contributed by atoms with van der Waals surface area (Å²) in [5.74, 6) is 0.368. The van der Waals surface area contributed by atoms with Gasteiger partial charge < -0.3 is 14.8 Å². The first-order chi connectivity index (χ1) is 12.2. The molecule has 25 heavy (non-hydrogen) atoms. The Hall–Kier alpha value is -2.30. The van der Waals surface area contributed by atoms with E-state index in [1.54, 1.807) is 13.3 Å². The highest BCUT2D eigenvalue weighted by Crippen LogP contribution is 2.33. The van der Waals surface area contributed by atoms with Crippen LogP contribution in [0.1, 0.15) is 55.8 Å². The molecule has 5 heteroatoms. The summed E-state index contributed by atoms with van der Waals surface area (Å²) in [6.45, 7) is 2.16. The molecule has 1 heterocycles. The fourth-order valence-corrected chi connectivity index (χ4v) is 3.51. The molecule has 1 aromatic carbocycles. The summed E-state index contributed by atoms with van der Waals surface area (Å²) in [5.41, 5.74) is 2.07. The van der Waals surface area contributed by atoms with E-state index in [0.29, 0.717) is 24.0 Å². The lowest BCUT2D eigenvalue weighted by Gasteiger charge is -2.21. The van der Waals surface area contributed by atoms with Gasteiger partial charge in [-0.05, 0) is 25.8 Å². The first kappa shape index (κ1) is 17.5. The first-order valence-corrected chi connectivity index (χ1v) is 9.14. The van der Waals surface area contributed by atoms with Crippen molar-refractivity contribution < 1.29 is 14.3 Å². The molecule has 5 nitrogen and oxygen atoms in total. The third-order valence-corrected chi connectivity index (χ3v) is 4.78. The quantitative estimate of drug-likeness (QED) is 0.638. The zero-order valence-corrected chi connectivity index (χ0v) is 15.0. The second-order valence-electron chi connectivity index (χ2n) is 6.46. The molecular formula is C20H26N2O3. The van der Waals surface area contributed by atoms with Crippen molar-refractivity contribution in [3.63, 3.8) is 0 Å². The Morgan fingerprint density at radius 3 is 2.68 bits per heavy atom. The number of fused-ring (bicyclic) bond motifs is 1. The maximum atomic E-state index is 12.4. The fourth-order valence-electron chi connectivity index (χ4n) is 3.51. The zero-order valence-electron chi connectivity index (χ0n) is 15.0. The summed E-state index contributed by atoms with van der Waals surface area (Å²) in [7, 11) is 1.63. The summed E-state index contributed by atoms with van der Waals surface area (Å²) in [6, 6.07) is 6.16. The molecule has 0 saturated heterocycles. The number of esters is 1. The Morgan fingerprint density at radius 1 is 1.24 bits per heavy atom. The van der Waals surface area contributed by atoms with Gasteiger partial charge in [0.2, 0.25) is 0 Å². The van der Waals surface area contributed by atoms with E-state index < -0.39 is 0 Å². The topological polar surface area (TPSA) is 60.5 Å². The molecule has 0 aliphatic heterocycles. The van der Waals surface area contributed by atoms with Crippen molar-refractivity contribution in [2.24, 2.45) is 0 Å². The number of anilines is 1. The maximum Gasteiger partial charge on any atom is 0.341 e. The van der Waals surface area contributed by atoms with E-state index in [9.17, 15) is 4.79 Å². The normalized spacial score (nSPS) is 15.6. The molecule has 1 aliphatic rings. The number of para-hydroxylation sites is 1.